The minimum Gasteiger partial charge on any atom is -0.493 e. The molecule has 37 heavy (non-hydrogen) atoms. The normalized spacial score (nSPS) is 14.6. The van der Waals surface area contributed by atoms with Crippen molar-refractivity contribution < 1.29 is 24.1 Å². The molecule has 1 aliphatic rings. The molecule has 8 heteroatoms. The zero-order chi connectivity index (χ0) is 25.7. The Balaban J connectivity index is 1.47. The second-order valence-corrected chi connectivity index (χ2v) is 8.82. The second kappa shape index (κ2) is 14.1. The van der Waals surface area contributed by atoms with Crippen molar-refractivity contribution in [2.24, 2.45) is 0 Å². The van der Waals surface area contributed by atoms with Crippen LogP contribution in [0.2, 0.25) is 0 Å². The van der Waals surface area contributed by atoms with Crippen molar-refractivity contribution in [3.05, 3.63) is 78.0 Å². The highest BCUT2D eigenvalue weighted by Crippen LogP contribution is 2.27. The van der Waals surface area contributed by atoms with Crippen molar-refractivity contribution in [3.63, 3.8) is 0 Å². The van der Waals surface area contributed by atoms with Crippen LogP contribution in [0.15, 0.2) is 66.9 Å². The number of nitrogens with one attached hydrogen (secondary N) is 1. The summed E-state index contributed by atoms with van der Waals surface area (Å²) in [4.78, 5) is 19.7. The Morgan fingerprint density at radius 3 is 2.68 bits per heavy atom. The molecule has 194 valence electrons. The van der Waals surface area contributed by atoms with Crippen LogP contribution in [0.1, 0.15) is 43.2 Å². The first-order chi connectivity index (χ1) is 18.2. The fourth-order valence-electron chi connectivity index (χ4n) is 3.97. The van der Waals surface area contributed by atoms with Crippen molar-refractivity contribution in [1.29, 1.82) is 0 Å². The number of nitrogens with zero attached hydrogens (tertiary/aromatic N) is 2. The molecule has 4 rings (SSSR count). The maximum Gasteiger partial charge on any atom is 0.303 e. The van der Waals surface area contributed by atoms with Gasteiger partial charge in [0.2, 0.25) is 5.95 Å². The summed E-state index contributed by atoms with van der Waals surface area (Å²) < 4.78 is 17.7. The Labute approximate surface area is 217 Å². The average molecular weight is 504 g/mol. The molecule has 8 nitrogen and oxygen atoms in total. The molecule has 2 aromatic carbocycles. The molecular weight excluding hydrogens is 470 g/mol. The standard InChI is InChI=1S/C29H33N3O5/c33-28(34)10-3-1-2-4-17-37-27-12-11-25-19-24(27)21-36-16-6-5-15-35-20-22-8-7-9-23(18-22)26-13-14-30-29(31-25)32-26/h5-9,11-14,18-19H,1-4,10,15-17,20-21H2,(H,33,34)(H,30,31,32)/b6-5+. The van der Waals surface area contributed by atoms with E-state index >= 15 is 0 Å². The fourth-order valence-corrected chi connectivity index (χ4v) is 3.97. The van der Waals surface area contributed by atoms with Crippen LogP contribution in [0.3, 0.4) is 0 Å². The van der Waals surface area contributed by atoms with E-state index in [1.54, 1.807) is 6.20 Å². The number of hydrogen-bond acceptors (Lipinski definition) is 7. The number of aromatic nitrogens is 2. The number of aliphatic carboxylic acids is 1. The third kappa shape index (κ3) is 8.70. The van der Waals surface area contributed by atoms with Crippen molar-refractivity contribution in [2.45, 2.75) is 45.3 Å². The number of carboxylic acid groups (broad SMARTS) is 1. The van der Waals surface area contributed by atoms with E-state index in [4.69, 9.17) is 24.3 Å². The lowest BCUT2D eigenvalue weighted by molar-refractivity contribution is -0.137. The van der Waals surface area contributed by atoms with Crippen molar-refractivity contribution in [2.75, 3.05) is 25.1 Å². The minimum absolute atomic E-state index is 0.219. The van der Waals surface area contributed by atoms with Crippen LogP contribution in [-0.4, -0.2) is 40.9 Å². The average Bonchev–Trinajstić information content (AvgIpc) is 2.90. The van der Waals surface area contributed by atoms with Gasteiger partial charge in [-0.25, -0.2) is 9.97 Å². The Morgan fingerprint density at radius 2 is 1.81 bits per heavy atom. The molecule has 0 unspecified atom stereocenters. The molecule has 3 aromatic rings. The number of hydrogen-bond donors (Lipinski definition) is 2. The van der Waals surface area contributed by atoms with Crippen LogP contribution < -0.4 is 10.1 Å². The van der Waals surface area contributed by atoms with Gasteiger partial charge in [0.05, 0.1) is 38.7 Å². The van der Waals surface area contributed by atoms with Gasteiger partial charge in [-0.1, -0.05) is 43.2 Å². The SMILES string of the molecule is O=C(O)CCCCCCOc1ccc2cc1COC/C=C/COCc1cccc(c1)-c1ccnc(n1)N2. The first-order valence-electron chi connectivity index (χ1n) is 12.6. The summed E-state index contributed by atoms with van der Waals surface area (Å²) in [6.07, 6.45) is 9.26. The molecular formula is C29H33N3O5. The van der Waals surface area contributed by atoms with Crippen LogP contribution in [0.4, 0.5) is 11.6 Å². The summed E-state index contributed by atoms with van der Waals surface area (Å²) in [5.41, 5.74) is 4.68. The smallest absolute Gasteiger partial charge is 0.303 e. The monoisotopic (exact) mass is 503 g/mol. The van der Waals surface area contributed by atoms with Crippen LogP contribution >= 0.6 is 0 Å². The van der Waals surface area contributed by atoms with E-state index < -0.39 is 5.97 Å². The molecule has 0 atom stereocenters. The van der Waals surface area contributed by atoms with E-state index in [1.165, 1.54) is 0 Å². The molecule has 0 spiro atoms. The van der Waals surface area contributed by atoms with Crippen molar-refractivity contribution in [3.8, 4) is 17.0 Å². The first kappa shape index (κ1) is 26.3. The molecule has 0 saturated carbocycles. The number of fused-ring (bicyclic) bond motifs is 7. The number of rotatable bonds is 8. The summed E-state index contributed by atoms with van der Waals surface area (Å²) in [6, 6.07) is 15.9. The van der Waals surface area contributed by atoms with Gasteiger partial charge in [-0.15, -0.1) is 0 Å². The number of anilines is 2. The summed E-state index contributed by atoms with van der Waals surface area (Å²) in [6.45, 7) is 2.44. The Morgan fingerprint density at radius 1 is 0.973 bits per heavy atom. The predicted octanol–water partition coefficient (Wildman–Crippen LogP) is 5.90. The maximum atomic E-state index is 10.6. The van der Waals surface area contributed by atoms with Crippen LogP contribution in [0.5, 0.6) is 5.75 Å². The van der Waals surface area contributed by atoms with E-state index in [9.17, 15) is 4.79 Å². The van der Waals surface area contributed by atoms with Gasteiger partial charge in [0.1, 0.15) is 5.75 Å². The molecule has 0 fully saturated rings. The van der Waals surface area contributed by atoms with Gasteiger partial charge in [0.25, 0.3) is 0 Å². The van der Waals surface area contributed by atoms with Crippen molar-refractivity contribution >= 4 is 17.6 Å². The molecule has 6 bridgehead atoms. The van der Waals surface area contributed by atoms with Gasteiger partial charge in [0.15, 0.2) is 0 Å². The van der Waals surface area contributed by atoms with Crippen molar-refractivity contribution in [1.82, 2.24) is 9.97 Å². The Hall–Kier alpha value is -3.75. The van der Waals surface area contributed by atoms with Gasteiger partial charge in [-0.2, -0.15) is 0 Å². The lowest BCUT2D eigenvalue weighted by Crippen LogP contribution is -2.04. The summed E-state index contributed by atoms with van der Waals surface area (Å²) >= 11 is 0. The highest BCUT2D eigenvalue weighted by atomic mass is 16.5. The molecule has 1 aliphatic heterocycles. The molecule has 0 saturated heterocycles. The van der Waals surface area contributed by atoms with Crippen LogP contribution in [-0.2, 0) is 27.5 Å². The topological polar surface area (TPSA) is 103 Å². The van der Waals surface area contributed by atoms with Gasteiger partial charge in [-0.3, -0.25) is 4.79 Å². The van der Waals surface area contributed by atoms with E-state index in [2.05, 4.69) is 16.4 Å². The quantitative estimate of drug-likeness (QED) is 0.289. The molecule has 2 heterocycles. The predicted molar refractivity (Wildman–Crippen MR) is 142 cm³/mol. The van der Waals surface area contributed by atoms with Crippen LogP contribution in [0, 0.1) is 0 Å². The number of unbranched alkanes of at least 4 members (excludes halogenated alkanes) is 3. The number of carbonyl (C=O) groups is 1. The van der Waals surface area contributed by atoms with E-state index in [0.717, 1.165) is 53.1 Å². The molecule has 1 aromatic heterocycles. The molecule has 0 aliphatic carbocycles. The van der Waals surface area contributed by atoms with E-state index in [1.807, 2.05) is 54.6 Å². The lowest BCUT2D eigenvalue weighted by Gasteiger charge is -2.14. The largest absolute Gasteiger partial charge is 0.493 e. The van der Waals surface area contributed by atoms with Gasteiger partial charge < -0.3 is 24.6 Å². The Kier molecular flexibility index (Phi) is 10.0. The van der Waals surface area contributed by atoms with E-state index in [0.29, 0.717) is 45.4 Å². The number of ether oxygens (including phenoxy) is 3. The van der Waals surface area contributed by atoms with Crippen LogP contribution in [0.25, 0.3) is 11.3 Å². The summed E-state index contributed by atoms with van der Waals surface area (Å²) in [7, 11) is 0. The zero-order valence-electron chi connectivity index (χ0n) is 20.9. The van der Waals surface area contributed by atoms with Gasteiger partial charge >= 0.3 is 5.97 Å². The summed E-state index contributed by atoms with van der Waals surface area (Å²) in [5.74, 6) is 0.529. The Bertz CT molecular complexity index is 1200. The highest BCUT2D eigenvalue weighted by molar-refractivity contribution is 5.66. The van der Waals surface area contributed by atoms with E-state index in [-0.39, 0.29) is 6.42 Å². The molecule has 0 radical (unpaired) electrons. The first-order valence-corrected chi connectivity index (χ1v) is 12.6. The van der Waals surface area contributed by atoms with Gasteiger partial charge in [-0.05, 0) is 48.7 Å². The molecule has 0 amide bonds. The minimum atomic E-state index is -0.744. The molecule has 2 N–H and O–H groups in total. The lowest BCUT2D eigenvalue weighted by atomic mass is 10.1. The number of benzene rings is 2. The zero-order valence-corrected chi connectivity index (χ0v) is 20.9. The van der Waals surface area contributed by atoms with Gasteiger partial charge in [0, 0.05) is 29.4 Å². The maximum absolute atomic E-state index is 10.6. The highest BCUT2D eigenvalue weighted by Gasteiger charge is 2.09. The second-order valence-electron chi connectivity index (χ2n) is 8.82. The third-order valence-corrected chi connectivity index (χ3v) is 5.86. The third-order valence-electron chi connectivity index (χ3n) is 5.86. The summed E-state index contributed by atoms with van der Waals surface area (Å²) in [5, 5.41) is 12.1. The fraction of sp³-hybridized carbons (Fsp3) is 0.345. The number of carboxylic acids is 1.